The Morgan fingerprint density at radius 2 is 1.66 bits per heavy atom. The van der Waals surface area contributed by atoms with Crippen molar-refractivity contribution in [3.63, 3.8) is 0 Å². The summed E-state index contributed by atoms with van der Waals surface area (Å²) in [7, 11) is 2.21. The molecule has 3 atom stereocenters. The number of hydrogen-bond acceptors (Lipinski definition) is 3. The van der Waals surface area contributed by atoms with Crippen molar-refractivity contribution < 1.29 is 9.59 Å². The zero-order valence-electron chi connectivity index (χ0n) is 17.4. The fourth-order valence-corrected chi connectivity index (χ4v) is 5.17. The number of likely N-dealkylation sites (tertiary alicyclic amines) is 2. The molecule has 2 saturated heterocycles. The number of nitrogens with zero attached hydrogens (tertiary/aromatic N) is 2. The highest BCUT2D eigenvalue weighted by molar-refractivity contribution is 5.96. The van der Waals surface area contributed by atoms with Gasteiger partial charge in [-0.25, -0.2) is 0 Å². The van der Waals surface area contributed by atoms with Crippen LogP contribution in [0.5, 0.6) is 0 Å². The maximum absolute atomic E-state index is 12.8. The van der Waals surface area contributed by atoms with Crippen molar-refractivity contribution in [2.24, 2.45) is 11.8 Å². The fourth-order valence-electron chi connectivity index (χ4n) is 5.17. The standard InChI is InChI=1S/C25H30N2O2/c1-18-9-6-7-12-21(18)25-22-17-27(16-20(22)15-26(25)2)24(29)14-8-13-23(28)19-10-4-3-5-11-19/h3-7,9-12,20,22,25H,8,13-17H2,1-2H3/t20-,22+,25-/m0/s1. The number of rotatable bonds is 6. The van der Waals surface area contributed by atoms with E-state index >= 15 is 0 Å². The average Bonchev–Trinajstić information content (AvgIpc) is 3.26. The number of carbonyl (C=O) groups is 2. The molecule has 4 rings (SSSR count). The molecule has 0 saturated carbocycles. The first-order valence-corrected chi connectivity index (χ1v) is 10.7. The summed E-state index contributed by atoms with van der Waals surface area (Å²) in [5.41, 5.74) is 3.46. The van der Waals surface area contributed by atoms with Gasteiger partial charge >= 0.3 is 0 Å². The van der Waals surface area contributed by atoms with Gasteiger partial charge in [-0.1, -0.05) is 54.6 Å². The molecule has 1 amide bonds. The van der Waals surface area contributed by atoms with Crippen LogP contribution in [-0.2, 0) is 4.79 Å². The van der Waals surface area contributed by atoms with Crippen LogP contribution < -0.4 is 0 Å². The molecule has 152 valence electrons. The average molecular weight is 391 g/mol. The van der Waals surface area contributed by atoms with E-state index in [4.69, 9.17) is 0 Å². The smallest absolute Gasteiger partial charge is 0.222 e. The number of fused-ring (bicyclic) bond motifs is 1. The van der Waals surface area contributed by atoms with E-state index in [2.05, 4.69) is 43.1 Å². The van der Waals surface area contributed by atoms with Gasteiger partial charge in [-0.15, -0.1) is 0 Å². The van der Waals surface area contributed by atoms with E-state index in [1.165, 1.54) is 11.1 Å². The highest BCUT2D eigenvalue weighted by Crippen LogP contribution is 2.44. The Kier molecular flexibility index (Phi) is 5.81. The summed E-state index contributed by atoms with van der Waals surface area (Å²) in [6.07, 6.45) is 1.52. The van der Waals surface area contributed by atoms with Crippen LogP contribution in [0.2, 0.25) is 0 Å². The molecule has 2 fully saturated rings. The summed E-state index contributed by atoms with van der Waals surface area (Å²) >= 11 is 0. The second kappa shape index (κ2) is 8.50. The largest absolute Gasteiger partial charge is 0.342 e. The van der Waals surface area contributed by atoms with Crippen molar-refractivity contribution in [2.75, 3.05) is 26.7 Å². The molecule has 2 aliphatic rings. The maximum atomic E-state index is 12.8. The summed E-state index contributed by atoms with van der Waals surface area (Å²) in [5.74, 6) is 1.36. The minimum Gasteiger partial charge on any atom is -0.342 e. The fraction of sp³-hybridized carbons (Fsp3) is 0.440. The number of carbonyl (C=O) groups excluding carboxylic acids is 2. The minimum atomic E-state index is 0.123. The molecule has 2 aromatic rings. The van der Waals surface area contributed by atoms with Crippen LogP contribution in [0.25, 0.3) is 0 Å². The Balaban J connectivity index is 1.33. The van der Waals surface area contributed by atoms with Gasteiger partial charge in [0.05, 0.1) is 0 Å². The van der Waals surface area contributed by atoms with Crippen molar-refractivity contribution in [3.8, 4) is 0 Å². The van der Waals surface area contributed by atoms with E-state index < -0.39 is 0 Å². The molecule has 29 heavy (non-hydrogen) atoms. The van der Waals surface area contributed by atoms with Crippen LogP contribution in [0.4, 0.5) is 0 Å². The molecule has 4 nitrogen and oxygen atoms in total. The van der Waals surface area contributed by atoms with Crippen molar-refractivity contribution in [2.45, 2.75) is 32.2 Å². The molecule has 4 heteroatoms. The number of Topliss-reactive ketones (excluding diaryl/α,β-unsaturated/α-hetero) is 1. The van der Waals surface area contributed by atoms with E-state index in [0.29, 0.717) is 37.1 Å². The molecule has 0 unspecified atom stereocenters. The summed E-state index contributed by atoms with van der Waals surface area (Å²) in [6.45, 7) is 4.90. The second-order valence-corrected chi connectivity index (χ2v) is 8.61. The zero-order chi connectivity index (χ0) is 20.4. The summed E-state index contributed by atoms with van der Waals surface area (Å²) in [6, 6.07) is 18.4. The molecular formula is C25H30N2O2. The first-order chi connectivity index (χ1) is 14.0. The maximum Gasteiger partial charge on any atom is 0.222 e. The highest BCUT2D eigenvalue weighted by atomic mass is 16.2. The van der Waals surface area contributed by atoms with Crippen molar-refractivity contribution in [1.82, 2.24) is 9.80 Å². The van der Waals surface area contributed by atoms with E-state index in [9.17, 15) is 9.59 Å². The van der Waals surface area contributed by atoms with Gasteiger partial charge in [-0.05, 0) is 37.4 Å². The number of benzene rings is 2. The van der Waals surface area contributed by atoms with Crippen molar-refractivity contribution >= 4 is 11.7 Å². The van der Waals surface area contributed by atoms with Gasteiger partial charge in [0.2, 0.25) is 5.91 Å². The van der Waals surface area contributed by atoms with Gasteiger partial charge in [0, 0.05) is 50.0 Å². The summed E-state index contributed by atoms with van der Waals surface area (Å²) in [5, 5.41) is 0. The van der Waals surface area contributed by atoms with Gasteiger partial charge in [-0.2, -0.15) is 0 Å². The van der Waals surface area contributed by atoms with Gasteiger partial charge in [-0.3, -0.25) is 14.5 Å². The molecule has 0 radical (unpaired) electrons. The van der Waals surface area contributed by atoms with Crippen molar-refractivity contribution in [3.05, 3.63) is 71.3 Å². The Hall–Kier alpha value is -2.46. The molecule has 2 aliphatic heterocycles. The second-order valence-electron chi connectivity index (χ2n) is 8.61. The SMILES string of the molecule is Cc1ccccc1[C@H]1[C@@H]2CN(C(=O)CCCC(=O)c3ccccc3)C[C@@H]2CN1C. The van der Waals surface area contributed by atoms with Crippen LogP contribution in [0.3, 0.4) is 0 Å². The minimum absolute atomic E-state index is 0.123. The number of aryl methyl sites for hydroxylation is 1. The highest BCUT2D eigenvalue weighted by Gasteiger charge is 2.47. The van der Waals surface area contributed by atoms with E-state index in [-0.39, 0.29) is 11.7 Å². The summed E-state index contributed by atoms with van der Waals surface area (Å²) < 4.78 is 0. The predicted molar refractivity (Wildman–Crippen MR) is 115 cm³/mol. The monoisotopic (exact) mass is 390 g/mol. The zero-order valence-corrected chi connectivity index (χ0v) is 17.4. The van der Waals surface area contributed by atoms with Gasteiger partial charge in [0.15, 0.2) is 5.78 Å². The molecule has 0 bridgehead atoms. The molecule has 2 heterocycles. The number of hydrogen-bond donors (Lipinski definition) is 0. The van der Waals surface area contributed by atoms with Crippen LogP contribution in [-0.4, -0.2) is 48.2 Å². The van der Waals surface area contributed by atoms with Crippen LogP contribution in [0, 0.1) is 18.8 Å². The molecule has 2 aromatic carbocycles. The number of ketones is 1. The van der Waals surface area contributed by atoms with Crippen LogP contribution >= 0.6 is 0 Å². The Labute approximate surface area is 173 Å². The third kappa shape index (κ3) is 4.13. The summed E-state index contributed by atoms with van der Waals surface area (Å²) in [4.78, 5) is 29.5. The van der Waals surface area contributed by atoms with E-state index in [1.807, 2.05) is 35.2 Å². The van der Waals surface area contributed by atoms with E-state index in [0.717, 1.165) is 25.2 Å². The Morgan fingerprint density at radius 1 is 0.931 bits per heavy atom. The topological polar surface area (TPSA) is 40.6 Å². The number of amides is 1. The first-order valence-electron chi connectivity index (χ1n) is 10.7. The first kappa shape index (κ1) is 19.8. The van der Waals surface area contributed by atoms with Gasteiger partial charge in [0.1, 0.15) is 0 Å². The van der Waals surface area contributed by atoms with Crippen molar-refractivity contribution in [1.29, 1.82) is 0 Å². The third-order valence-electron chi connectivity index (χ3n) is 6.64. The lowest BCUT2D eigenvalue weighted by Crippen LogP contribution is -2.33. The molecule has 0 spiro atoms. The van der Waals surface area contributed by atoms with E-state index in [1.54, 1.807) is 0 Å². The predicted octanol–water partition coefficient (Wildman–Crippen LogP) is 4.11. The quantitative estimate of drug-likeness (QED) is 0.697. The third-order valence-corrected chi connectivity index (χ3v) is 6.64. The lowest BCUT2D eigenvalue weighted by Gasteiger charge is -2.28. The van der Waals surface area contributed by atoms with Gasteiger partial charge < -0.3 is 4.90 Å². The normalized spacial score (nSPS) is 23.9. The lowest BCUT2D eigenvalue weighted by atomic mass is 9.88. The molecule has 0 aromatic heterocycles. The molecule has 0 N–H and O–H groups in total. The molecule has 0 aliphatic carbocycles. The van der Waals surface area contributed by atoms with Gasteiger partial charge in [0.25, 0.3) is 0 Å². The van der Waals surface area contributed by atoms with Crippen LogP contribution in [0.1, 0.15) is 46.8 Å². The Bertz CT molecular complexity index is 879. The Morgan fingerprint density at radius 3 is 2.41 bits per heavy atom. The lowest BCUT2D eigenvalue weighted by molar-refractivity contribution is -0.130. The molecular weight excluding hydrogens is 360 g/mol. The van der Waals surface area contributed by atoms with Crippen LogP contribution in [0.15, 0.2) is 54.6 Å².